The van der Waals surface area contributed by atoms with Gasteiger partial charge in [0.05, 0.1) is 10.5 Å². The number of benzene rings is 1. The molecule has 0 amide bonds. The second kappa shape index (κ2) is 5.20. The van der Waals surface area contributed by atoms with Crippen molar-refractivity contribution in [1.82, 2.24) is 0 Å². The van der Waals surface area contributed by atoms with E-state index in [1.165, 1.54) is 6.07 Å². The summed E-state index contributed by atoms with van der Waals surface area (Å²) in [5.74, 6) is 0. The van der Waals surface area contributed by atoms with Crippen molar-refractivity contribution in [3.63, 3.8) is 0 Å². The quantitative estimate of drug-likeness (QED) is 0.842. The number of hydrogen-bond donors (Lipinski definition) is 1. The Labute approximate surface area is 113 Å². The topological polar surface area (TPSA) is 86.7 Å². The van der Waals surface area contributed by atoms with Crippen molar-refractivity contribution in [3.8, 4) is 0 Å². The second-order valence-corrected chi connectivity index (χ2v) is 6.22. The second-order valence-electron chi connectivity index (χ2n) is 4.87. The number of aliphatic hydroxyl groups is 1. The first kappa shape index (κ1) is 14.5. The molecule has 0 radical (unpaired) electrons. The Morgan fingerprint density at radius 2 is 2.21 bits per heavy atom. The number of rotatable bonds is 4. The Bertz CT molecular complexity index is 558. The molecule has 1 saturated heterocycles. The van der Waals surface area contributed by atoms with Crippen molar-refractivity contribution in [2.75, 3.05) is 13.2 Å². The average Bonchev–Trinajstić information content (AvgIpc) is 2.77. The van der Waals surface area contributed by atoms with Gasteiger partial charge in [-0.2, -0.15) is 0 Å². The van der Waals surface area contributed by atoms with Gasteiger partial charge >= 0.3 is 0 Å². The van der Waals surface area contributed by atoms with E-state index in [0.29, 0.717) is 25.0 Å². The first-order valence-electron chi connectivity index (χ1n) is 6.21. The maximum absolute atomic E-state index is 11.4. The van der Waals surface area contributed by atoms with E-state index in [0.717, 1.165) is 12.0 Å². The molecular formula is C13H17O5S-. The standard InChI is InChI=1S/C13H18O5S/c1-10-3-4-12(19(15,16)17)11(9-10)13(6-7-14)5-2-8-18-13/h3-4,9,14H,2,5-8H2,1H3,(H,15,16,17)/p-1. The maximum Gasteiger partial charge on any atom is 0.124 e. The van der Waals surface area contributed by atoms with Gasteiger partial charge in [-0.05, 0) is 25.8 Å². The summed E-state index contributed by atoms with van der Waals surface area (Å²) >= 11 is 0. The van der Waals surface area contributed by atoms with Gasteiger partial charge in [0.2, 0.25) is 0 Å². The summed E-state index contributed by atoms with van der Waals surface area (Å²) in [5, 5.41) is 9.21. The summed E-state index contributed by atoms with van der Waals surface area (Å²) in [7, 11) is -4.56. The molecule has 0 aromatic heterocycles. The van der Waals surface area contributed by atoms with E-state index in [9.17, 15) is 18.1 Å². The summed E-state index contributed by atoms with van der Waals surface area (Å²) in [6.07, 6.45) is 1.69. The van der Waals surface area contributed by atoms with E-state index in [1.54, 1.807) is 12.1 Å². The molecule has 1 N–H and O–H groups in total. The Kier molecular flexibility index (Phi) is 3.96. The number of aryl methyl sites for hydroxylation is 1. The summed E-state index contributed by atoms with van der Waals surface area (Å²) in [4.78, 5) is -0.242. The Morgan fingerprint density at radius 3 is 2.74 bits per heavy atom. The van der Waals surface area contributed by atoms with Gasteiger partial charge in [0.1, 0.15) is 10.1 Å². The molecule has 1 aromatic rings. The predicted molar refractivity (Wildman–Crippen MR) is 67.7 cm³/mol. The van der Waals surface area contributed by atoms with E-state index in [1.807, 2.05) is 6.92 Å². The Balaban J connectivity index is 2.62. The lowest BCUT2D eigenvalue weighted by atomic mass is 9.87. The van der Waals surface area contributed by atoms with Gasteiger partial charge in [-0.25, -0.2) is 8.42 Å². The molecular weight excluding hydrogens is 268 g/mol. The van der Waals surface area contributed by atoms with Crippen molar-refractivity contribution in [1.29, 1.82) is 0 Å². The van der Waals surface area contributed by atoms with E-state index in [4.69, 9.17) is 4.74 Å². The smallest absolute Gasteiger partial charge is 0.124 e. The van der Waals surface area contributed by atoms with Crippen LogP contribution >= 0.6 is 0 Å². The van der Waals surface area contributed by atoms with Gasteiger partial charge in [0, 0.05) is 25.2 Å². The molecule has 6 heteroatoms. The van der Waals surface area contributed by atoms with Crippen molar-refractivity contribution in [2.45, 2.75) is 36.7 Å². The molecule has 1 aromatic carbocycles. The molecule has 0 saturated carbocycles. The monoisotopic (exact) mass is 285 g/mol. The molecule has 0 spiro atoms. The summed E-state index contributed by atoms with van der Waals surface area (Å²) in [6.45, 7) is 2.21. The lowest BCUT2D eigenvalue weighted by molar-refractivity contribution is -0.0209. The number of ether oxygens (including phenoxy) is 1. The minimum absolute atomic E-state index is 0.119. The molecule has 1 aliphatic heterocycles. The van der Waals surface area contributed by atoms with Gasteiger partial charge in [-0.1, -0.05) is 17.7 Å². The fraction of sp³-hybridized carbons (Fsp3) is 0.538. The van der Waals surface area contributed by atoms with Crippen LogP contribution in [0.5, 0.6) is 0 Å². The molecule has 1 heterocycles. The van der Waals surface area contributed by atoms with Crippen LogP contribution in [0.25, 0.3) is 0 Å². The third-order valence-electron chi connectivity index (χ3n) is 3.51. The highest BCUT2D eigenvalue weighted by Crippen LogP contribution is 2.42. The molecule has 1 atom stereocenters. The van der Waals surface area contributed by atoms with Crippen LogP contribution < -0.4 is 0 Å². The highest BCUT2D eigenvalue weighted by molar-refractivity contribution is 7.85. The molecule has 1 fully saturated rings. The third kappa shape index (κ3) is 2.81. The van der Waals surface area contributed by atoms with Crippen LogP contribution in [0, 0.1) is 6.92 Å². The minimum atomic E-state index is -4.56. The van der Waals surface area contributed by atoms with Crippen molar-refractivity contribution < 1.29 is 22.8 Å². The van der Waals surface area contributed by atoms with Gasteiger partial charge in [0.15, 0.2) is 0 Å². The van der Waals surface area contributed by atoms with Gasteiger partial charge in [-0.15, -0.1) is 0 Å². The van der Waals surface area contributed by atoms with Gasteiger partial charge < -0.3 is 14.4 Å². The highest BCUT2D eigenvalue weighted by atomic mass is 32.2. The average molecular weight is 285 g/mol. The summed E-state index contributed by atoms with van der Waals surface area (Å²) in [6, 6.07) is 4.59. The molecule has 106 valence electrons. The molecule has 1 unspecified atom stereocenters. The van der Waals surface area contributed by atoms with E-state index in [2.05, 4.69) is 0 Å². The van der Waals surface area contributed by atoms with Crippen LogP contribution in [0.3, 0.4) is 0 Å². The Morgan fingerprint density at radius 1 is 1.47 bits per heavy atom. The SMILES string of the molecule is Cc1ccc(S(=O)(=O)[O-])c(C2(CCO)CCCO2)c1. The summed E-state index contributed by atoms with van der Waals surface area (Å²) < 4.78 is 39.9. The van der Waals surface area contributed by atoms with E-state index >= 15 is 0 Å². The first-order chi connectivity index (χ1) is 8.89. The zero-order valence-corrected chi connectivity index (χ0v) is 11.6. The van der Waals surface area contributed by atoms with Crippen LogP contribution in [0.4, 0.5) is 0 Å². The zero-order chi connectivity index (χ0) is 14.1. The van der Waals surface area contributed by atoms with Crippen molar-refractivity contribution in [2.24, 2.45) is 0 Å². The lowest BCUT2D eigenvalue weighted by Crippen LogP contribution is -2.28. The number of hydrogen-bond acceptors (Lipinski definition) is 5. The zero-order valence-electron chi connectivity index (χ0n) is 10.8. The minimum Gasteiger partial charge on any atom is -0.744 e. The number of aliphatic hydroxyl groups excluding tert-OH is 1. The molecule has 19 heavy (non-hydrogen) atoms. The largest absolute Gasteiger partial charge is 0.744 e. The fourth-order valence-electron chi connectivity index (χ4n) is 2.64. The maximum atomic E-state index is 11.4. The molecule has 1 aliphatic rings. The van der Waals surface area contributed by atoms with Crippen molar-refractivity contribution >= 4 is 10.1 Å². The van der Waals surface area contributed by atoms with Crippen LogP contribution in [0.2, 0.25) is 0 Å². The van der Waals surface area contributed by atoms with E-state index < -0.39 is 15.7 Å². The lowest BCUT2D eigenvalue weighted by Gasteiger charge is -2.31. The molecule has 5 nitrogen and oxygen atoms in total. The van der Waals surface area contributed by atoms with Crippen LogP contribution in [0.15, 0.2) is 23.1 Å². The molecule has 2 rings (SSSR count). The van der Waals surface area contributed by atoms with Crippen LogP contribution in [-0.2, 0) is 20.5 Å². The normalized spacial score (nSPS) is 23.7. The van der Waals surface area contributed by atoms with E-state index in [-0.39, 0.29) is 11.5 Å². The van der Waals surface area contributed by atoms with Gasteiger partial charge in [-0.3, -0.25) is 0 Å². The molecule has 0 aliphatic carbocycles. The van der Waals surface area contributed by atoms with Crippen LogP contribution in [-0.4, -0.2) is 31.3 Å². The van der Waals surface area contributed by atoms with Crippen LogP contribution in [0.1, 0.15) is 30.4 Å². The fourth-order valence-corrected chi connectivity index (χ4v) is 3.39. The van der Waals surface area contributed by atoms with Crippen molar-refractivity contribution in [3.05, 3.63) is 29.3 Å². The highest BCUT2D eigenvalue weighted by Gasteiger charge is 2.39. The van der Waals surface area contributed by atoms with Gasteiger partial charge in [0.25, 0.3) is 0 Å². The predicted octanol–water partition coefficient (Wildman–Crippen LogP) is 1.29. The summed E-state index contributed by atoms with van der Waals surface area (Å²) in [5.41, 5.74) is 0.386. The molecule has 0 bridgehead atoms. The first-order valence-corrected chi connectivity index (χ1v) is 7.62. The Hall–Kier alpha value is -0.950. The third-order valence-corrected chi connectivity index (χ3v) is 4.41.